The lowest BCUT2D eigenvalue weighted by Gasteiger charge is -2.38. The van der Waals surface area contributed by atoms with Gasteiger partial charge in [-0.1, -0.05) is 52.3 Å². The maximum atomic E-state index is 10.4. The Bertz CT molecular complexity index is 626. The van der Waals surface area contributed by atoms with Gasteiger partial charge in [0.1, 0.15) is 11.4 Å². The van der Waals surface area contributed by atoms with Crippen molar-refractivity contribution in [3.63, 3.8) is 0 Å². The molecule has 0 aromatic heterocycles. The van der Waals surface area contributed by atoms with Crippen LogP contribution in [0.1, 0.15) is 37.0 Å². The number of hydrogen-bond acceptors (Lipinski definition) is 2. The number of aliphatic hydroxyl groups is 1. The molecule has 3 rings (SSSR count). The van der Waals surface area contributed by atoms with E-state index < -0.39 is 6.10 Å². The average Bonchev–Trinajstić information content (AvgIpc) is 2.46. The van der Waals surface area contributed by atoms with Gasteiger partial charge in [-0.05, 0) is 37.5 Å². The van der Waals surface area contributed by atoms with Crippen molar-refractivity contribution in [3.05, 3.63) is 64.1 Å². The molecular formula is C18H19BrO2. The van der Waals surface area contributed by atoms with Gasteiger partial charge in [-0.3, -0.25) is 0 Å². The number of hydrogen-bond donors (Lipinski definition) is 1. The molecule has 1 aliphatic heterocycles. The van der Waals surface area contributed by atoms with Gasteiger partial charge in [0.05, 0.1) is 6.10 Å². The van der Waals surface area contributed by atoms with E-state index in [0.717, 1.165) is 28.6 Å². The second-order valence-electron chi connectivity index (χ2n) is 5.94. The molecule has 0 saturated heterocycles. The molecule has 0 fully saturated rings. The molecule has 1 N–H and O–H groups in total. The molecule has 0 aliphatic carbocycles. The van der Waals surface area contributed by atoms with Gasteiger partial charge in [0.2, 0.25) is 0 Å². The zero-order chi connectivity index (χ0) is 14.9. The summed E-state index contributed by atoms with van der Waals surface area (Å²) in [6.07, 6.45) is 2.02. The zero-order valence-corrected chi connectivity index (χ0v) is 13.6. The van der Waals surface area contributed by atoms with Gasteiger partial charge in [-0.15, -0.1) is 0 Å². The van der Waals surface area contributed by atoms with Crippen LogP contribution in [0.4, 0.5) is 0 Å². The van der Waals surface area contributed by atoms with Gasteiger partial charge in [0.15, 0.2) is 0 Å². The molecule has 0 radical (unpaired) electrons. The van der Waals surface area contributed by atoms with Crippen molar-refractivity contribution in [2.45, 2.75) is 37.9 Å². The van der Waals surface area contributed by atoms with Gasteiger partial charge >= 0.3 is 0 Å². The van der Waals surface area contributed by atoms with E-state index >= 15 is 0 Å². The van der Waals surface area contributed by atoms with Crippen LogP contribution in [-0.4, -0.2) is 10.7 Å². The molecule has 0 saturated carbocycles. The smallest absolute Gasteiger partial charge is 0.127 e. The summed E-state index contributed by atoms with van der Waals surface area (Å²) in [6, 6.07) is 16.2. The molecule has 0 bridgehead atoms. The van der Waals surface area contributed by atoms with Crippen molar-refractivity contribution in [3.8, 4) is 5.75 Å². The Hall–Kier alpha value is -1.32. The normalized spacial score (nSPS) is 24.2. The average molecular weight is 347 g/mol. The molecule has 21 heavy (non-hydrogen) atoms. The minimum atomic E-state index is -0.456. The first-order valence-electron chi connectivity index (χ1n) is 7.26. The topological polar surface area (TPSA) is 29.5 Å². The zero-order valence-electron chi connectivity index (χ0n) is 12.1. The molecule has 2 aromatic carbocycles. The van der Waals surface area contributed by atoms with Crippen LogP contribution in [0.5, 0.6) is 5.75 Å². The number of fused-ring (bicyclic) bond motifs is 1. The first kappa shape index (κ1) is 14.6. The third-order valence-corrected chi connectivity index (χ3v) is 4.59. The summed E-state index contributed by atoms with van der Waals surface area (Å²) in [5.74, 6) is 0.790. The standard InChI is InChI=1S/C18H19BrO2/c1-18(10-9-13-5-3-2-4-6-13)12-16(20)15-8-7-14(19)11-17(15)21-18/h2-8,11,16,20H,9-10,12H2,1H3/t16-,18?/m1/s1. The highest BCUT2D eigenvalue weighted by Gasteiger charge is 2.36. The quantitative estimate of drug-likeness (QED) is 0.875. The molecule has 2 nitrogen and oxygen atoms in total. The Morgan fingerprint density at radius 2 is 2.00 bits per heavy atom. The lowest BCUT2D eigenvalue weighted by Crippen LogP contribution is -2.38. The lowest BCUT2D eigenvalue weighted by molar-refractivity contribution is -0.00677. The van der Waals surface area contributed by atoms with Crippen molar-refractivity contribution < 1.29 is 9.84 Å². The van der Waals surface area contributed by atoms with Crippen LogP contribution in [0.15, 0.2) is 53.0 Å². The minimum absolute atomic E-state index is 0.330. The Morgan fingerprint density at radius 3 is 2.76 bits per heavy atom. The van der Waals surface area contributed by atoms with Gasteiger partial charge in [0.25, 0.3) is 0 Å². The van der Waals surface area contributed by atoms with Crippen molar-refractivity contribution in [2.24, 2.45) is 0 Å². The van der Waals surface area contributed by atoms with E-state index in [0.29, 0.717) is 6.42 Å². The summed E-state index contributed by atoms with van der Waals surface area (Å²) < 4.78 is 7.18. The molecule has 2 aromatic rings. The summed E-state index contributed by atoms with van der Waals surface area (Å²) in [6.45, 7) is 2.09. The maximum Gasteiger partial charge on any atom is 0.127 e. The van der Waals surface area contributed by atoms with E-state index in [4.69, 9.17) is 4.74 Å². The van der Waals surface area contributed by atoms with Crippen LogP contribution in [0.2, 0.25) is 0 Å². The van der Waals surface area contributed by atoms with E-state index in [1.54, 1.807) is 0 Å². The second-order valence-corrected chi connectivity index (χ2v) is 6.86. The monoisotopic (exact) mass is 346 g/mol. The number of rotatable bonds is 3. The Morgan fingerprint density at radius 1 is 1.24 bits per heavy atom. The minimum Gasteiger partial charge on any atom is -0.487 e. The van der Waals surface area contributed by atoms with Gasteiger partial charge < -0.3 is 9.84 Å². The van der Waals surface area contributed by atoms with E-state index in [2.05, 4.69) is 47.1 Å². The number of benzene rings is 2. The summed E-state index contributed by atoms with van der Waals surface area (Å²) in [4.78, 5) is 0. The number of halogens is 1. The summed E-state index contributed by atoms with van der Waals surface area (Å²) >= 11 is 3.46. The molecule has 0 spiro atoms. The van der Waals surface area contributed by atoms with E-state index in [1.807, 2.05) is 24.3 Å². The van der Waals surface area contributed by atoms with Gasteiger partial charge in [-0.25, -0.2) is 0 Å². The molecule has 1 heterocycles. The van der Waals surface area contributed by atoms with Crippen LogP contribution in [0.3, 0.4) is 0 Å². The largest absolute Gasteiger partial charge is 0.487 e. The predicted octanol–water partition coefficient (Wildman–Crippen LogP) is 4.66. The summed E-state index contributed by atoms with van der Waals surface area (Å²) in [7, 11) is 0. The SMILES string of the molecule is CC1(CCc2ccccc2)C[C@@H](O)c2ccc(Br)cc2O1. The Kier molecular flexibility index (Phi) is 4.05. The highest BCUT2D eigenvalue weighted by Crippen LogP contribution is 2.42. The van der Waals surface area contributed by atoms with Gasteiger partial charge in [0, 0.05) is 16.5 Å². The van der Waals surface area contributed by atoms with Crippen molar-refractivity contribution in [1.82, 2.24) is 0 Å². The summed E-state index contributed by atoms with van der Waals surface area (Å²) in [5.41, 5.74) is 1.86. The Balaban J connectivity index is 1.77. The molecule has 110 valence electrons. The summed E-state index contributed by atoms with van der Waals surface area (Å²) in [5, 5.41) is 10.4. The fourth-order valence-corrected chi connectivity index (χ4v) is 3.24. The lowest BCUT2D eigenvalue weighted by atomic mass is 9.86. The van der Waals surface area contributed by atoms with Crippen molar-refractivity contribution in [2.75, 3.05) is 0 Å². The molecular weight excluding hydrogens is 328 g/mol. The van der Waals surface area contributed by atoms with Crippen LogP contribution >= 0.6 is 15.9 Å². The molecule has 1 aliphatic rings. The third-order valence-electron chi connectivity index (χ3n) is 4.10. The third kappa shape index (κ3) is 3.30. The highest BCUT2D eigenvalue weighted by atomic mass is 79.9. The van der Waals surface area contributed by atoms with Crippen molar-refractivity contribution >= 4 is 15.9 Å². The van der Waals surface area contributed by atoms with Crippen molar-refractivity contribution in [1.29, 1.82) is 0 Å². The predicted molar refractivity (Wildman–Crippen MR) is 87.5 cm³/mol. The molecule has 0 amide bonds. The highest BCUT2D eigenvalue weighted by molar-refractivity contribution is 9.10. The van der Waals surface area contributed by atoms with Crippen LogP contribution in [0, 0.1) is 0 Å². The first-order chi connectivity index (χ1) is 10.1. The fourth-order valence-electron chi connectivity index (χ4n) is 2.90. The van der Waals surface area contributed by atoms with E-state index in [9.17, 15) is 5.11 Å². The van der Waals surface area contributed by atoms with Crippen LogP contribution < -0.4 is 4.74 Å². The number of aryl methyl sites for hydroxylation is 1. The molecule has 2 atom stereocenters. The second kappa shape index (κ2) is 5.82. The number of aliphatic hydroxyl groups excluding tert-OH is 1. The molecule has 3 heteroatoms. The van der Waals surface area contributed by atoms with Crippen LogP contribution in [0.25, 0.3) is 0 Å². The van der Waals surface area contributed by atoms with Crippen LogP contribution in [-0.2, 0) is 6.42 Å². The number of ether oxygens (including phenoxy) is 1. The fraction of sp³-hybridized carbons (Fsp3) is 0.333. The van der Waals surface area contributed by atoms with Gasteiger partial charge in [-0.2, -0.15) is 0 Å². The first-order valence-corrected chi connectivity index (χ1v) is 8.05. The maximum absolute atomic E-state index is 10.4. The van der Waals surface area contributed by atoms with E-state index in [1.165, 1.54) is 5.56 Å². The Labute approximate surface area is 133 Å². The molecule has 1 unspecified atom stereocenters. The van der Waals surface area contributed by atoms with E-state index in [-0.39, 0.29) is 5.60 Å².